The third-order valence-corrected chi connectivity index (χ3v) is 6.02. The number of hydrogen-bond donors (Lipinski definition) is 3. The van der Waals surface area contributed by atoms with E-state index in [2.05, 4.69) is 22.8 Å². The number of carbonyl (C=O) groups excluding carboxylic acids is 2. The summed E-state index contributed by atoms with van der Waals surface area (Å²) in [7, 11) is 1.49. The zero-order valence-electron chi connectivity index (χ0n) is 19.6. The molecule has 0 spiro atoms. The van der Waals surface area contributed by atoms with Crippen LogP contribution in [0.4, 0.5) is 4.79 Å². The lowest BCUT2D eigenvalue weighted by Crippen LogP contribution is -2.52. The van der Waals surface area contributed by atoms with Gasteiger partial charge >= 0.3 is 12.1 Å². The van der Waals surface area contributed by atoms with Crippen LogP contribution >= 0.6 is 0 Å². The number of carboxylic acid groups (broad SMARTS) is 1. The van der Waals surface area contributed by atoms with E-state index in [0.717, 1.165) is 28.7 Å². The lowest BCUT2D eigenvalue weighted by atomic mass is 9.98. The highest BCUT2D eigenvalue weighted by Crippen LogP contribution is 2.44. The predicted octanol–water partition coefficient (Wildman–Crippen LogP) is 3.69. The first-order chi connectivity index (χ1) is 16.5. The highest BCUT2D eigenvalue weighted by atomic mass is 16.5. The maximum atomic E-state index is 12.8. The monoisotopic (exact) mass is 468 g/mol. The molecule has 3 N–H and O–H groups in total. The molecular weight excluding hydrogens is 436 g/mol. The van der Waals surface area contributed by atoms with Crippen LogP contribution in [0.3, 0.4) is 0 Å². The molecule has 0 aromatic heterocycles. The highest BCUT2D eigenvalue weighted by molar-refractivity contribution is 5.89. The number of fused-ring (bicyclic) bond motifs is 3. The fraction of sp³-hybridized carbons (Fsp3) is 0.423. The Morgan fingerprint density at radius 2 is 1.56 bits per heavy atom. The van der Waals surface area contributed by atoms with Crippen LogP contribution in [0.5, 0.6) is 0 Å². The van der Waals surface area contributed by atoms with E-state index in [4.69, 9.17) is 9.47 Å². The molecular formula is C26H32N2O6. The molecule has 0 fully saturated rings. The van der Waals surface area contributed by atoms with Gasteiger partial charge in [-0.05, 0) is 28.7 Å². The van der Waals surface area contributed by atoms with E-state index in [1.54, 1.807) is 0 Å². The Labute approximate surface area is 199 Å². The first-order valence-corrected chi connectivity index (χ1v) is 11.6. The van der Waals surface area contributed by atoms with E-state index in [0.29, 0.717) is 12.8 Å². The fourth-order valence-corrected chi connectivity index (χ4v) is 4.22. The van der Waals surface area contributed by atoms with Crippen LogP contribution in [-0.2, 0) is 19.1 Å². The number of carbonyl (C=O) groups is 3. The van der Waals surface area contributed by atoms with Crippen LogP contribution in [0.1, 0.15) is 49.7 Å². The van der Waals surface area contributed by atoms with Crippen molar-refractivity contribution >= 4 is 18.0 Å². The lowest BCUT2D eigenvalue weighted by molar-refractivity contribution is -0.142. The van der Waals surface area contributed by atoms with Crippen molar-refractivity contribution < 1.29 is 29.0 Å². The summed E-state index contributed by atoms with van der Waals surface area (Å²) >= 11 is 0. The third-order valence-electron chi connectivity index (χ3n) is 6.02. The van der Waals surface area contributed by atoms with Crippen molar-refractivity contribution in [2.45, 2.75) is 50.6 Å². The molecule has 8 heteroatoms. The van der Waals surface area contributed by atoms with E-state index in [9.17, 15) is 19.5 Å². The normalized spacial score (nSPS) is 13.9. The maximum absolute atomic E-state index is 12.8. The van der Waals surface area contributed by atoms with Crippen LogP contribution in [-0.4, -0.2) is 55.5 Å². The standard InChI is InChI=1S/C26H32N2O6/c1-3-4-13-23(25(30)31)27-24(29)22(14-15-33-2)28-26(32)34-16-21-19-11-7-5-9-17(19)18-10-6-8-12-20(18)21/h5-12,21-23H,3-4,13-16H2,1-2H3,(H,27,29)(H,28,32)(H,30,31)/t22?,23-/m0/s1. The number of aliphatic carboxylic acids is 1. The largest absolute Gasteiger partial charge is 0.480 e. The van der Waals surface area contributed by atoms with Gasteiger partial charge in [0.15, 0.2) is 0 Å². The second-order valence-electron chi connectivity index (χ2n) is 8.35. The Kier molecular flexibility index (Phi) is 9.04. The molecule has 0 aliphatic heterocycles. The zero-order chi connectivity index (χ0) is 24.5. The van der Waals surface area contributed by atoms with Gasteiger partial charge in [0.25, 0.3) is 0 Å². The number of hydrogen-bond acceptors (Lipinski definition) is 5. The number of alkyl carbamates (subject to hydrolysis) is 1. The van der Waals surface area contributed by atoms with E-state index >= 15 is 0 Å². The van der Waals surface area contributed by atoms with E-state index < -0.39 is 30.1 Å². The highest BCUT2D eigenvalue weighted by Gasteiger charge is 2.30. The summed E-state index contributed by atoms with van der Waals surface area (Å²) in [6.07, 6.45) is 1.25. The van der Waals surface area contributed by atoms with E-state index in [1.807, 2.05) is 43.3 Å². The Balaban J connectivity index is 1.64. The first-order valence-electron chi connectivity index (χ1n) is 11.6. The van der Waals surface area contributed by atoms with Crippen molar-refractivity contribution in [3.05, 3.63) is 59.7 Å². The Morgan fingerprint density at radius 1 is 0.941 bits per heavy atom. The number of nitrogens with one attached hydrogen (secondary N) is 2. The Morgan fingerprint density at radius 3 is 2.12 bits per heavy atom. The average Bonchev–Trinajstić information content (AvgIpc) is 3.16. The molecule has 1 aliphatic carbocycles. The van der Waals surface area contributed by atoms with Crippen LogP contribution in [0.2, 0.25) is 0 Å². The fourth-order valence-electron chi connectivity index (χ4n) is 4.22. The quantitative estimate of drug-likeness (QED) is 0.438. The summed E-state index contributed by atoms with van der Waals surface area (Å²) in [5.74, 6) is -1.78. The Hall–Kier alpha value is -3.39. The molecule has 1 unspecified atom stereocenters. The summed E-state index contributed by atoms with van der Waals surface area (Å²) in [6.45, 7) is 2.28. The Bertz CT molecular complexity index is 963. The molecule has 2 aromatic rings. The lowest BCUT2D eigenvalue weighted by Gasteiger charge is -2.22. The van der Waals surface area contributed by atoms with E-state index in [-0.39, 0.29) is 25.6 Å². The predicted molar refractivity (Wildman–Crippen MR) is 128 cm³/mol. The summed E-state index contributed by atoms with van der Waals surface area (Å²) < 4.78 is 10.6. The molecule has 2 amide bonds. The smallest absolute Gasteiger partial charge is 0.407 e. The second kappa shape index (κ2) is 12.2. The minimum atomic E-state index is -1.10. The number of methoxy groups -OCH3 is 1. The zero-order valence-corrected chi connectivity index (χ0v) is 19.6. The number of unbranched alkanes of at least 4 members (excludes halogenated alkanes) is 1. The molecule has 182 valence electrons. The molecule has 0 saturated carbocycles. The number of ether oxygens (including phenoxy) is 2. The molecule has 2 atom stereocenters. The molecule has 0 saturated heterocycles. The average molecular weight is 469 g/mol. The number of carboxylic acids is 1. The molecule has 2 aromatic carbocycles. The van der Waals surface area contributed by atoms with Crippen molar-refractivity contribution in [1.29, 1.82) is 0 Å². The summed E-state index contributed by atoms with van der Waals surface area (Å²) in [6, 6.07) is 14.1. The van der Waals surface area contributed by atoms with Crippen LogP contribution in [0, 0.1) is 0 Å². The van der Waals surface area contributed by atoms with Crippen molar-refractivity contribution in [3.8, 4) is 11.1 Å². The van der Waals surface area contributed by atoms with Gasteiger partial charge in [-0.2, -0.15) is 0 Å². The molecule has 3 rings (SSSR count). The van der Waals surface area contributed by atoms with Gasteiger partial charge < -0.3 is 25.2 Å². The van der Waals surface area contributed by atoms with Crippen molar-refractivity contribution in [2.24, 2.45) is 0 Å². The number of benzene rings is 2. The van der Waals surface area contributed by atoms with Gasteiger partial charge in [0.05, 0.1) is 0 Å². The summed E-state index contributed by atoms with van der Waals surface area (Å²) in [5.41, 5.74) is 4.42. The van der Waals surface area contributed by atoms with Crippen LogP contribution in [0.15, 0.2) is 48.5 Å². The van der Waals surface area contributed by atoms with Gasteiger partial charge in [-0.1, -0.05) is 68.3 Å². The molecule has 34 heavy (non-hydrogen) atoms. The van der Waals surface area contributed by atoms with Crippen molar-refractivity contribution in [1.82, 2.24) is 10.6 Å². The number of rotatable bonds is 12. The van der Waals surface area contributed by atoms with Crippen LogP contribution < -0.4 is 10.6 Å². The first kappa shape index (κ1) is 25.2. The number of amides is 2. The topological polar surface area (TPSA) is 114 Å². The molecule has 1 aliphatic rings. The third kappa shape index (κ3) is 6.14. The molecule has 8 nitrogen and oxygen atoms in total. The van der Waals surface area contributed by atoms with Gasteiger partial charge in [0.1, 0.15) is 18.7 Å². The minimum Gasteiger partial charge on any atom is -0.480 e. The summed E-state index contributed by atoms with van der Waals surface area (Å²) in [5, 5.41) is 14.5. The van der Waals surface area contributed by atoms with Gasteiger partial charge in [0.2, 0.25) is 5.91 Å². The van der Waals surface area contributed by atoms with Gasteiger partial charge in [0, 0.05) is 26.1 Å². The van der Waals surface area contributed by atoms with Gasteiger partial charge in [-0.3, -0.25) is 4.79 Å². The molecule has 0 radical (unpaired) electrons. The van der Waals surface area contributed by atoms with Crippen molar-refractivity contribution in [3.63, 3.8) is 0 Å². The minimum absolute atomic E-state index is 0.102. The molecule has 0 heterocycles. The van der Waals surface area contributed by atoms with Gasteiger partial charge in [-0.25, -0.2) is 9.59 Å². The molecule has 0 bridgehead atoms. The van der Waals surface area contributed by atoms with Crippen LogP contribution in [0.25, 0.3) is 11.1 Å². The maximum Gasteiger partial charge on any atom is 0.407 e. The van der Waals surface area contributed by atoms with E-state index in [1.165, 1.54) is 7.11 Å². The SMILES string of the molecule is CCCC[C@H](NC(=O)C(CCOC)NC(=O)OCC1c2ccccc2-c2ccccc21)C(=O)O. The summed E-state index contributed by atoms with van der Waals surface area (Å²) in [4.78, 5) is 36.9. The second-order valence-corrected chi connectivity index (χ2v) is 8.35. The van der Waals surface area contributed by atoms with Gasteiger partial charge in [-0.15, -0.1) is 0 Å². The van der Waals surface area contributed by atoms with Crippen molar-refractivity contribution in [2.75, 3.05) is 20.3 Å².